The van der Waals surface area contributed by atoms with E-state index in [-0.39, 0.29) is 5.91 Å². The second-order valence-corrected chi connectivity index (χ2v) is 6.70. The van der Waals surface area contributed by atoms with Gasteiger partial charge in [-0.25, -0.2) is 4.98 Å². The van der Waals surface area contributed by atoms with Crippen molar-refractivity contribution in [2.75, 3.05) is 11.9 Å². The number of amides is 1. The number of aromatic nitrogens is 1. The topological polar surface area (TPSA) is 71.2 Å². The zero-order chi connectivity index (χ0) is 15.5. The van der Waals surface area contributed by atoms with E-state index in [1.54, 1.807) is 18.3 Å². The maximum absolute atomic E-state index is 11.7. The molecule has 1 atom stereocenters. The number of nitrogens with zero attached hydrogens (tertiary/aromatic N) is 2. The highest BCUT2D eigenvalue weighted by atomic mass is 32.1. The van der Waals surface area contributed by atoms with Crippen LogP contribution in [0.2, 0.25) is 0 Å². The molecule has 1 aliphatic heterocycles. The van der Waals surface area contributed by atoms with Crippen LogP contribution in [-0.2, 0) is 24.3 Å². The van der Waals surface area contributed by atoms with Crippen molar-refractivity contribution in [3.8, 4) is 0 Å². The van der Waals surface area contributed by atoms with Crippen molar-refractivity contribution in [1.29, 1.82) is 0 Å². The van der Waals surface area contributed by atoms with E-state index in [1.165, 1.54) is 10.4 Å². The van der Waals surface area contributed by atoms with Gasteiger partial charge >= 0.3 is 0 Å². The van der Waals surface area contributed by atoms with Crippen molar-refractivity contribution in [2.45, 2.75) is 32.5 Å². The van der Waals surface area contributed by atoms with Crippen molar-refractivity contribution < 1.29 is 4.79 Å². The van der Waals surface area contributed by atoms with Crippen molar-refractivity contribution in [3.63, 3.8) is 0 Å². The van der Waals surface area contributed by atoms with Gasteiger partial charge in [-0.1, -0.05) is 30.3 Å². The van der Waals surface area contributed by atoms with Gasteiger partial charge in [0, 0.05) is 30.9 Å². The summed E-state index contributed by atoms with van der Waals surface area (Å²) in [5.41, 5.74) is 8.00. The molecular formula is C16H20N4OS. The Morgan fingerprint density at radius 1 is 1.45 bits per heavy atom. The molecule has 2 aromatic rings. The Morgan fingerprint density at radius 2 is 2.23 bits per heavy atom. The summed E-state index contributed by atoms with van der Waals surface area (Å²) in [6, 6.07) is 9.95. The molecule has 0 saturated carbocycles. The summed E-state index contributed by atoms with van der Waals surface area (Å²) in [6.07, 6.45) is 0.923. The predicted molar refractivity (Wildman–Crippen MR) is 88.7 cm³/mol. The number of fused-ring (bicyclic) bond motifs is 1. The lowest BCUT2D eigenvalue weighted by Gasteiger charge is -2.25. The molecule has 3 rings (SSSR count). The molecule has 1 aliphatic rings. The number of thiazole rings is 1. The van der Waals surface area contributed by atoms with Crippen LogP contribution < -0.4 is 11.1 Å². The number of rotatable bonds is 4. The third-order valence-electron chi connectivity index (χ3n) is 3.70. The molecule has 0 fully saturated rings. The fraction of sp³-hybridized carbons (Fsp3) is 0.375. The minimum Gasteiger partial charge on any atom is -0.320 e. The van der Waals surface area contributed by atoms with Crippen molar-refractivity contribution in [2.24, 2.45) is 5.73 Å². The SMILES string of the molecule is CC(N)C(=O)Nc1nc2c(s1)CN(Cc1ccccc1)CC2. The Bertz CT molecular complexity index is 653. The molecule has 116 valence electrons. The van der Waals surface area contributed by atoms with E-state index in [2.05, 4.69) is 39.5 Å². The normalized spacial score (nSPS) is 16.1. The van der Waals surface area contributed by atoms with Gasteiger partial charge in [0.25, 0.3) is 0 Å². The van der Waals surface area contributed by atoms with Crippen LogP contribution in [0.1, 0.15) is 23.1 Å². The Morgan fingerprint density at radius 3 is 2.95 bits per heavy atom. The first-order chi connectivity index (χ1) is 10.6. The summed E-state index contributed by atoms with van der Waals surface area (Å²) in [6.45, 7) is 4.49. The molecule has 0 spiro atoms. The summed E-state index contributed by atoms with van der Waals surface area (Å²) in [7, 11) is 0. The lowest BCUT2D eigenvalue weighted by atomic mass is 10.1. The van der Waals surface area contributed by atoms with Crippen LogP contribution in [0.5, 0.6) is 0 Å². The van der Waals surface area contributed by atoms with Gasteiger partial charge in [-0.2, -0.15) is 0 Å². The van der Waals surface area contributed by atoms with E-state index in [4.69, 9.17) is 5.73 Å². The molecule has 2 heterocycles. The van der Waals surface area contributed by atoms with Crippen molar-refractivity contribution in [3.05, 3.63) is 46.5 Å². The fourth-order valence-electron chi connectivity index (χ4n) is 2.50. The highest BCUT2D eigenvalue weighted by Crippen LogP contribution is 2.29. The molecule has 0 saturated heterocycles. The zero-order valence-electron chi connectivity index (χ0n) is 12.6. The molecular weight excluding hydrogens is 296 g/mol. The number of nitrogens with two attached hydrogens (primary N) is 1. The first kappa shape index (κ1) is 15.1. The fourth-order valence-corrected chi connectivity index (χ4v) is 3.55. The summed E-state index contributed by atoms with van der Waals surface area (Å²) < 4.78 is 0. The Kier molecular flexibility index (Phi) is 4.52. The Balaban J connectivity index is 1.66. The first-order valence-electron chi connectivity index (χ1n) is 7.43. The van der Waals surface area contributed by atoms with Crippen molar-refractivity contribution in [1.82, 2.24) is 9.88 Å². The van der Waals surface area contributed by atoms with E-state index >= 15 is 0 Å². The molecule has 1 unspecified atom stereocenters. The number of anilines is 1. The van der Waals surface area contributed by atoms with E-state index in [1.807, 2.05) is 6.07 Å². The molecule has 0 bridgehead atoms. The maximum Gasteiger partial charge on any atom is 0.242 e. The number of nitrogens with one attached hydrogen (secondary N) is 1. The minimum atomic E-state index is -0.518. The third kappa shape index (κ3) is 3.52. The van der Waals surface area contributed by atoms with Crippen LogP contribution in [0.3, 0.4) is 0 Å². The van der Waals surface area contributed by atoms with Gasteiger partial charge in [-0.05, 0) is 12.5 Å². The molecule has 0 aliphatic carbocycles. The van der Waals surface area contributed by atoms with Crippen LogP contribution >= 0.6 is 11.3 Å². The van der Waals surface area contributed by atoms with Crippen LogP contribution in [-0.4, -0.2) is 28.4 Å². The molecule has 3 N–H and O–H groups in total. The average molecular weight is 316 g/mol. The van der Waals surface area contributed by atoms with E-state index in [0.29, 0.717) is 5.13 Å². The summed E-state index contributed by atoms with van der Waals surface area (Å²) in [5.74, 6) is -0.188. The van der Waals surface area contributed by atoms with E-state index < -0.39 is 6.04 Å². The number of hydrogen-bond donors (Lipinski definition) is 2. The van der Waals surface area contributed by atoms with E-state index in [0.717, 1.165) is 31.7 Å². The summed E-state index contributed by atoms with van der Waals surface area (Å²) in [5, 5.41) is 3.45. The second kappa shape index (κ2) is 6.56. The van der Waals surface area contributed by atoms with Gasteiger partial charge in [-0.15, -0.1) is 11.3 Å². The van der Waals surface area contributed by atoms with Gasteiger partial charge < -0.3 is 11.1 Å². The lowest BCUT2D eigenvalue weighted by Crippen LogP contribution is -2.32. The smallest absolute Gasteiger partial charge is 0.242 e. The number of carbonyl (C=O) groups is 1. The third-order valence-corrected chi connectivity index (χ3v) is 4.70. The Labute approximate surface area is 134 Å². The van der Waals surface area contributed by atoms with Crippen LogP contribution in [0.25, 0.3) is 0 Å². The molecule has 6 heteroatoms. The average Bonchev–Trinajstić information content (AvgIpc) is 2.89. The molecule has 1 aromatic heterocycles. The Hall–Kier alpha value is -1.76. The number of hydrogen-bond acceptors (Lipinski definition) is 5. The van der Waals surface area contributed by atoms with Gasteiger partial charge in [-0.3, -0.25) is 9.69 Å². The van der Waals surface area contributed by atoms with Crippen LogP contribution in [0, 0.1) is 0 Å². The molecule has 5 nitrogen and oxygen atoms in total. The highest BCUT2D eigenvalue weighted by Gasteiger charge is 2.21. The number of benzene rings is 1. The molecule has 1 aromatic carbocycles. The summed E-state index contributed by atoms with van der Waals surface area (Å²) >= 11 is 1.56. The van der Waals surface area contributed by atoms with Gasteiger partial charge in [0.2, 0.25) is 5.91 Å². The van der Waals surface area contributed by atoms with E-state index in [9.17, 15) is 4.79 Å². The van der Waals surface area contributed by atoms with Crippen molar-refractivity contribution >= 4 is 22.4 Å². The number of carbonyl (C=O) groups excluding carboxylic acids is 1. The van der Waals surface area contributed by atoms with Gasteiger partial charge in [0.15, 0.2) is 5.13 Å². The summed E-state index contributed by atoms with van der Waals surface area (Å²) in [4.78, 5) is 19.8. The zero-order valence-corrected chi connectivity index (χ0v) is 13.4. The lowest BCUT2D eigenvalue weighted by molar-refractivity contribution is -0.117. The molecule has 1 amide bonds. The standard InChI is InChI=1S/C16H20N4OS/c1-11(17)15(21)19-16-18-13-7-8-20(10-14(13)22-16)9-12-5-3-2-4-6-12/h2-6,11H,7-10,17H2,1H3,(H,18,19,21). The monoisotopic (exact) mass is 316 g/mol. The van der Waals surface area contributed by atoms with Crippen LogP contribution in [0.15, 0.2) is 30.3 Å². The predicted octanol–water partition coefficient (Wildman–Crippen LogP) is 1.99. The highest BCUT2D eigenvalue weighted by molar-refractivity contribution is 7.15. The first-order valence-corrected chi connectivity index (χ1v) is 8.25. The quantitative estimate of drug-likeness (QED) is 0.905. The van der Waals surface area contributed by atoms with Crippen LogP contribution in [0.4, 0.5) is 5.13 Å². The maximum atomic E-state index is 11.7. The molecule has 0 radical (unpaired) electrons. The van der Waals surface area contributed by atoms with Gasteiger partial charge in [0.05, 0.1) is 11.7 Å². The largest absolute Gasteiger partial charge is 0.320 e. The second-order valence-electron chi connectivity index (χ2n) is 5.61. The molecule has 22 heavy (non-hydrogen) atoms. The minimum absolute atomic E-state index is 0.188. The van der Waals surface area contributed by atoms with Gasteiger partial charge in [0.1, 0.15) is 0 Å².